The first-order valence-electron chi connectivity index (χ1n) is 7.17. The fourth-order valence-corrected chi connectivity index (χ4v) is 3.23. The highest BCUT2D eigenvalue weighted by molar-refractivity contribution is 7.92. The minimum atomic E-state index is -3.71. The van der Waals surface area contributed by atoms with Crippen molar-refractivity contribution in [2.24, 2.45) is 0 Å². The van der Waals surface area contributed by atoms with Crippen molar-refractivity contribution in [1.82, 2.24) is 0 Å². The third-order valence-electron chi connectivity index (χ3n) is 3.26. The number of hydrogen-bond acceptors (Lipinski definition) is 4. The van der Waals surface area contributed by atoms with Crippen molar-refractivity contribution in [2.75, 3.05) is 10.0 Å². The van der Waals surface area contributed by atoms with Crippen LogP contribution in [0.4, 0.5) is 11.4 Å². The van der Waals surface area contributed by atoms with Gasteiger partial charge in [0, 0.05) is 16.4 Å². The number of rotatable bonds is 5. The molecule has 0 bridgehead atoms. The Hall–Kier alpha value is -2.77. The molecule has 1 heterocycles. The van der Waals surface area contributed by atoms with Gasteiger partial charge < -0.3 is 9.73 Å². The Morgan fingerprint density at radius 2 is 1.56 bits per heavy atom. The molecule has 0 radical (unpaired) electrons. The van der Waals surface area contributed by atoms with Crippen molar-refractivity contribution in [3.8, 4) is 0 Å². The summed E-state index contributed by atoms with van der Waals surface area (Å²) < 4.78 is 32.1. The molecule has 0 aliphatic rings. The average molecular weight is 377 g/mol. The average Bonchev–Trinajstić information content (AvgIpc) is 3.11. The number of furan rings is 1. The van der Waals surface area contributed by atoms with Crippen LogP contribution in [0.3, 0.4) is 0 Å². The van der Waals surface area contributed by atoms with Crippen molar-refractivity contribution in [3.05, 3.63) is 77.7 Å². The van der Waals surface area contributed by atoms with Crippen molar-refractivity contribution in [1.29, 1.82) is 0 Å². The van der Waals surface area contributed by atoms with Crippen LogP contribution >= 0.6 is 11.6 Å². The summed E-state index contributed by atoms with van der Waals surface area (Å²) in [5, 5.41) is 3.10. The molecule has 1 aromatic heterocycles. The lowest BCUT2D eigenvalue weighted by atomic mass is 10.3. The third kappa shape index (κ3) is 4.20. The van der Waals surface area contributed by atoms with Gasteiger partial charge in [0.2, 0.25) is 0 Å². The second-order valence-corrected chi connectivity index (χ2v) is 7.19. The number of benzene rings is 2. The summed E-state index contributed by atoms with van der Waals surface area (Å²) in [6.45, 7) is 0. The van der Waals surface area contributed by atoms with Crippen LogP contribution in [0.25, 0.3) is 0 Å². The van der Waals surface area contributed by atoms with E-state index in [0.717, 1.165) is 0 Å². The van der Waals surface area contributed by atoms with Crippen LogP contribution in [0.1, 0.15) is 10.6 Å². The van der Waals surface area contributed by atoms with Gasteiger partial charge in [0.15, 0.2) is 5.76 Å². The Balaban J connectivity index is 1.70. The van der Waals surface area contributed by atoms with Crippen LogP contribution in [0.2, 0.25) is 5.02 Å². The molecular formula is C17H13ClN2O4S. The van der Waals surface area contributed by atoms with Gasteiger partial charge in [-0.05, 0) is 60.7 Å². The molecule has 0 aliphatic carbocycles. The molecule has 0 saturated heterocycles. The molecule has 1 amide bonds. The van der Waals surface area contributed by atoms with Crippen LogP contribution in [0.5, 0.6) is 0 Å². The summed E-state index contributed by atoms with van der Waals surface area (Å²) in [6.07, 6.45) is 1.41. The minimum absolute atomic E-state index is 0.104. The molecule has 8 heteroatoms. The van der Waals surface area contributed by atoms with Gasteiger partial charge in [-0.1, -0.05) is 11.6 Å². The van der Waals surface area contributed by atoms with E-state index in [2.05, 4.69) is 10.0 Å². The third-order valence-corrected chi connectivity index (χ3v) is 4.91. The van der Waals surface area contributed by atoms with Crippen molar-refractivity contribution in [2.45, 2.75) is 4.90 Å². The highest BCUT2D eigenvalue weighted by Crippen LogP contribution is 2.20. The van der Waals surface area contributed by atoms with Crippen LogP contribution in [0, 0.1) is 0 Å². The lowest BCUT2D eigenvalue weighted by Crippen LogP contribution is -2.13. The molecule has 3 rings (SSSR count). The second kappa shape index (κ2) is 7.00. The van der Waals surface area contributed by atoms with E-state index in [4.69, 9.17) is 16.0 Å². The van der Waals surface area contributed by atoms with E-state index in [1.165, 1.54) is 30.5 Å². The van der Waals surface area contributed by atoms with Gasteiger partial charge in [-0.15, -0.1) is 0 Å². The molecule has 0 unspecified atom stereocenters. The predicted molar refractivity (Wildman–Crippen MR) is 95.4 cm³/mol. The van der Waals surface area contributed by atoms with Crippen molar-refractivity contribution < 1.29 is 17.6 Å². The summed E-state index contributed by atoms with van der Waals surface area (Å²) in [5.74, 6) is -0.202. The number of sulfonamides is 1. The molecule has 2 N–H and O–H groups in total. The first-order chi connectivity index (χ1) is 11.9. The van der Waals surface area contributed by atoms with Gasteiger partial charge in [-0.3, -0.25) is 9.52 Å². The molecule has 3 aromatic rings. The fourth-order valence-electron chi connectivity index (χ4n) is 2.05. The highest BCUT2D eigenvalue weighted by atomic mass is 35.5. The summed E-state index contributed by atoms with van der Waals surface area (Å²) in [4.78, 5) is 12.0. The molecule has 0 spiro atoms. The molecular weight excluding hydrogens is 364 g/mol. The van der Waals surface area contributed by atoms with Gasteiger partial charge in [0.05, 0.1) is 11.2 Å². The standard InChI is InChI=1S/C17H13ClN2O4S/c18-12-3-9-15(10-4-12)25(22,23)20-14-7-5-13(6-8-14)19-17(21)16-2-1-11-24-16/h1-11,20H,(H,19,21). The van der Waals surface area contributed by atoms with Crippen LogP contribution < -0.4 is 10.0 Å². The molecule has 0 saturated carbocycles. The lowest BCUT2D eigenvalue weighted by molar-refractivity contribution is 0.0996. The van der Waals surface area contributed by atoms with Crippen molar-refractivity contribution in [3.63, 3.8) is 0 Å². The number of amides is 1. The van der Waals surface area contributed by atoms with E-state index in [1.807, 2.05) is 0 Å². The molecule has 128 valence electrons. The van der Waals surface area contributed by atoms with Gasteiger partial charge in [-0.2, -0.15) is 0 Å². The maximum absolute atomic E-state index is 12.3. The zero-order valence-electron chi connectivity index (χ0n) is 12.8. The molecule has 2 aromatic carbocycles. The van der Waals surface area contributed by atoms with Crippen LogP contribution in [-0.4, -0.2) is 14.3 Å². The summed E-state index contributed by atoms with van der Waals surface area (Å²) in [7, 11) is -3.71. The number of nitrogens with one attached hydrogen (secondary N) is 2. The Morgan fingerprint density at radius 3 is 2.16 bits per heavy atom. The highest BCUT2D eigenvalue weighted by Gasteiger charge is 2.14. The van der Waals surface area contributed by atoms with E-state index < -0.39 is 10.0 Å². The minimum Gasteiger partial charge on any atom is -0.459 e. The topological polar surface area (TPSA) is 88.4 Å². The van der Waals surface area contributed by atoms with Gasteiger partial charge in [-0.25, -0.2) is 8.42 Å². The molecule has 25 heavy (non-hydrogen) atoms. The Kier molecular flexibility index (Phi) is 4.78. The van der Waals surface area contributed by atoms with E-state index in [9.17, 15) is 13.2 Å². The normalized spacial score (nSPS) is 11.1. The van der Waals surface area contributed by atoms with E-state index in [0.29, 0.717) is 16.4 Å². The largest absolute Gasteiger partial charge is 0.459 e. The smallest absolute Gasteiger partial charge is 0.291 e. The van der Waals surface area contributed by atoms with E-state index in [-0.39, 0.29) is 16.6 Å². The lowest BCUT2D eigenvalue weighted by Gasteiger charge is -2.09. The first kappa shape index (κ1) is 17.1. The summed E-state index contributed by atoms with van der Waals surface area (Å²) >= 11 is 5.76. The van der Waals surface area contributed by atoms with Crippen molar-refractivity contribution >= 4 is 38.9 Å². The number of carbonyl (C=O) groups is 1. The molecule has 0 atom stereocenters. The maximum Gasteiger partial charge on any atom is 0.291 e. The van der Waals surface area contributed by atoms with Crippen LogP contribution in [0.15, 0.2) is 76.2 Å². The Labute approximate surface area is 149 Å². The van der Waals surface area contributed by atoms with Gasteiger partial charge in [0.1, 0.15) is 0 Å². The number of anilines is 2. The Bertz CT molecular complexity index is 967. The van der Waals surface area contributed by atoms with Gasteiger partial charge >= 0.3 is 0 Å². The monoisotopic (exact) mass is 376 g/mol. The number of halogens is 1. The maximum atomic E-state index is 12.3. The van der Waals surface area contributed by atoms with Gasteiger partial charge in [0.25, 0.3) is 15.9 Å². The van der Waals surface area contributed by atoms with E-state index in [1.54, 1.807) is 36.4 Å². The quantitative estimate of drug-likeness (QED) is 0.704. The summed E-state index contributed by atoms with van der Waals surface area (Å²) in [5.41, 5.74) is 0.877. The SMILES string of the molecule is O=C(Nc1ccc(NS(=O)(=O)c2ccc(Cl)cc2)cc1)c1ccco1. The predicted octanol–water partition coefficient (Wildman–Crippen LogP) is 3.99. The number of carbonyl (C=O) groups excluding carboxylic acids is 1. The zero-order valence-corrected chi connectivity index (χ0v) is 14.3. The van der Waals surface area contributed by atoms with Crippen LogP contribution in [-0.2, 0) is 10.0 Å². The zero-order chi connectivity index (χ0) is 17.9. The molecule has 0 aliphatic heterocycles. The number of hydrogen-bond donors (Lipinski definition) is 2. The molecule has 6 nitrogen and oxygen atoms in total. The van der Waals surface area contributed by atoms with E-state index >= 15 is 0 Å². The second-order valence-electron chi connectivity index (χ2n) is 5.07. The first-order valence-corrected chi connectivity index (χ1v) is 9.03. The summed E-state index contributed by atoms with van der Waals surface area (Å²) in [6, 6.07) is 15.3. The Morgan fingerprint density at radius 1 is 0.920 bits per heavy atom. The fraction of sp³-hybridized carbons (Fsp3) is 0. The molecule has 0 fully saturated rings.